The Morgan fingerprint density at radius 3 is 2.62 bits per heavy atom. The van der Waals surface area contributed by atoms with Gasteiger partial charge in [0.1, 0.15) is 17.7 Å². The molecule has 0 bridgehead atoms. The molecule has 0 aromatic heterocycles. The van der Waals surface area contributed by atoms with E-state index in [1.54, 1.807) is 18.2 Å². The lowest BCUT2D eigenvalue weighted by atomic mass is 10.0. The molecule has 0 saturated carbocycles. The van der Waals surface area contributed by atoms with Gasteiger partial charge in [-0.2, -0.15) is 0 Å². The van der Waals surface area contributed by atoms with Crippen molar-refractivity contribution in [3.8, 4) is 5.75 Å². The van der Waals surface area contributed by atoms with E-state index in [0.29, 0.717) is 10.8 Å². The van der Waals surface area contributed by atoms with E-state index in [0.717, 1.165) is 17.5 Å². The monoisotopic (exact) mass is 307 g/mol. The summed E-state index contributed by atoms with van der Waals surface area (Å²) >= 11 is 6.01. The van der Waals surface area contributed by atoms with Gasteiger partial charge < -0.3 is 10.5 Å². The second-order valence-corrected chi connectivity index (χ2v) is 5.48. The number of hydrogen-bond acceptors (Lipinski definition) is 2. The fourth-order valence-electron chi connectivity index (χ4n) is 2.14. The van der Waals surface area contributed by atoms with Crippen molar-refractivity contribution in [1.29, 1.82) is 0 Å². The van der Waals surface area contributed by atoms with E-state index >= 15 is 0 Å². The maximum Gasteiger partial charge on any atom is 0.139 e. The molecular weight excluding hydrogens is 289 g/mol. The van der Waals surface area contributed by atoms with Crippen molar-refractivity contribution in [2.75, 3.05) is 0 Å². The van der Waals surface area contributed by atoms with Crippen LogP contribution in [0.3, 0.4) is 0 Å². The van der Waals surface area contributed by atoms with E-state index in [9.17, 15) is 4.39 Å². The summed E-state index contributed by atoms with van der Waals surface area (Å²) < 4.78 is 19.4. The molecule has 2 nitrogen and oxygen atoms in total. The van der Waals surface area contributed by atoms with Crippen LogP contribution in [0.4, 0.5) is 4.39 Å². The van der Waals surface area contributed by atoms with Crippen LogP contribution >= 0.6 is 11.6 Å². The molecule has 2 aromatic carbocycles. The van der Waals surface area contributed by atoms with Crippen LogP contribution < -0.4 is 10.5 Å². The number of ether oxygens (including phenoxy) is 1. The number of rotatable bonds is 5. The summed E-state index contributed by atoms with van der Waals surface area (Å²) in [4.78, 5) is 0. The largest absolute Gasteiger partial charge is 0.484 e. The molecule has 0 saturated heterocycles. The quantitative estimate of drug-likeness (QED) is 0.873. The van der Waals surface area contributed by atoms with Crippen LogP contribution in [-0.2, 0) is 0 Å². The second-order valence-electron chi connectivity index (χ2n) is 5.08. The molecule has 2 rings (SSSR count). The molecule has 0 fully saturated rings. The van der Waals surface area contributed by atoms with Gasteiger partial charge in [-0.15, -0.1) is 0 Å². The fourth-order valence-corrected chi connectivity index (χ4v) is 2.25. The Labute approximate surface area is 129 Å². The number of nitrogens with two attached hydrogens (primary N) is 1. The standard InChI is InChI=1S/C17H19ClFNO/c1-3-16(20)17(12-5-4-6-13(19)10-12)21-14-7-8-15(18)11(2)9-14/h4-10,16-17H,3,20H2,1-2H3. The van der Waals surface area contributed by atoms with Crippen LogP contribution in [0.2, 0.25) is 5.02 Å². The first-order valence-corrected chi connectivity index (χ1v) is 7.33. The van der Waals surface area contributed by atoms with Crippen molar-refractivity contribution >= 4 is 11.6 Å². The Morgan fingerprint density at radius 1 is 1.24 bits per heavy atom. The zero-order valence-corrected chi connectivity index (χ0v) is 12.9. The van der Waals surface area contributed by atoms with Gasteiger partial charge in [0, 0.05) is 11.1 Å². The molecule has 0 aliphatic carbocycles. The topological polar surface area (TPSA) is 35.2 Å². The highest BCUT2D eigenvalue weighted by Crippen LogP contribution is 2.28. The molecule has 2 aromatic rings. The number of aryl methyl sites for hydroxylation is 1. The summed E-state index contributed by atoms with van der Waals surface area (Å²) in [5.74, 6) is 0.381. The highest BCUT2D eigenvalue weighted by molar-refractivity contribution is 6.31. The first-order chi connectivity index (χ1) is 10.0. The highest BCUT2D eigenvalue weighted by atomic mass is 35.5. The third kappa shape index (κ3) is 3.96. The summed E-state index contributed by atoms with van der Waals surface area (Å²) in [5, 5.41) is 0.685. The molecule has 112 valence electrons. The zero-order chi connectivity index (χ0) is 15.4. The average molecular weight is 308 g/mol. The average Bonchev–Trinajstić information content (AvgIpc) is 2.47. The molecule has 0 heterocycles. The fraction of sp³-hybridized carbons (Fsp3) is 0.294. The van der Waals surface area contributed by atoms with Crippen LogP contribution in [0.5, 0.6) is 5.75 Å². The molecular formula is C17H19ClFNO. The van der Waals surface area contributed by atoms with Crippen LogP contribution in [0.1, 0.15) is 30.6 Å². The van der Waals surface area contributed by atoms with Gasteiger partial charge in [0.2, 0.25) is 0 Å². The molecule has 4 heteroatoms. The van der Waals surface area contributed by atoms with Crippen molar-refractivity contribution in [2.45, 2.75) is 32.4 Å². The lowest BCUT2D eigenvalue weighted by Gasteiger charge is -2.25. The minimum Gasteiger partial charge on any atom is -0.484 e. The van der Waals surface area contributed by atoms with Crippen molar-refractivity contribution in [3.63, 3.8) is 0 Å². The number of halogens is 2. The summed E-state index contributed by atoms with van der Waals surface area (Å²) in [6.45, 7) is 3.89. The predicted molar refractivity (Wildman–Crippen MR) is 84.2 cm³/mol. The van der Waals surface area contributed by atoms with E-state index in [-0.39, 0.29) is 11.9 Å². The third-order valence-corrected chi connectivity index (χ3v) is 3.85. The Kier molecular flexibility index (Phi) is 5.21. The zero-order valence-electron chi connectivity index (χ0n) is 12.1. The van der Waals surface area contributed by atoms with Crippen LogP contribution in [-0.4, -0.2) is 6.04 Å². The first-order valence-electron chi connectivity index (χ1n) is 6.95. The van der Waals surface area contributed by atoms with Gasteiger partial charge in [-0.25, -0.2) is 4.39 Å². The summed E-state index contributed by atoms with van der Waals surface area (Å²) in [5.41, 5.74) is 7.80. The normalized spacial score (nSPS) is 13.8. The van der Waals surface area contributed by atoms with Gasteiger partial charge in [-0.05, 0) is 54.8 Å². The van der Waals surface area contributed by atoms with E-state index in [1.165, 1.54) is 12.1 Å². The smallest absolute Gasteiger partial charge is 0.139 e. The minimum atomic E-state index is -0.397. The van der Waals surface area contributed by atoms with Crippen LogP contribution in [0.15, 0.2) is 42.5 Å². The molecule has 2 unspecified atom stereocenters. The summed E-state index contributed by atoms with van der Waals surface area (Å²) in [6, 6.07) is 11.6. The molecule has 21 heavy (non-hydrogen) atoms. The predicted octanol–water partition coefficient (Wildman–Crippen LogP) is 4.64. The van der Waals surface area contributed by atoms with E-state index < -0.39 is 6.10 Å². The number of benzene rings is 2. The van der Waals surface area contributed by atoms with E-state index in [4.69, 9.17) is 22.1 Å². The Hall–Kier alpha value is -1.58. The third-order valence-electron chi connectivity index (χ3n) is 3.43. The highest BCUT2D eigenvalue weighted by Gasteiger charge is 2.21. The van der Waals surface area contributed by atoms with Crippen molar-refractivity contribution in [1.82, 2.24) is 0 Å². The summed E-state index contributed by atoms with van der Waals surface area (Å²) in [7, 11) is 0. The molecule has 0 spiro atoms. The molecule has 0 radical (unpaired) electrons. The minimum absolute atomic E-state index is 0.220. The van der Waals surface area contributed by atoms with Crippen LogP contribution in [0, 0.1) is 12.7 Å². The molecule has 2 atom stereocenters. The lowest BCUT2D eigenvalue weighted by Crippen LogP contribution is -2.31. The van der Waals surface area contributed by atoms with Crippen molar-refractivity contribution < 1.29 is 9.13 Å². The van der Waals surface area contributed by atoms with Crippen LogP contribution in [0.25, 0.3) is 0 Å². The van der Waals surface area contributed by atoms with Gasteiger partial charge in [0.15, 0.2) is 0 Å². The maximum atomic E-state index is 13.4. The van der Waals surface area contributed by atoms with Gasteiger partial charge in [-0.1, -0.05) is 30.7 Å². The summed E-state index contributed by atoms with van der Waals surface area (Å²) in [6.07, 6.45) is 0.333. The molecule has 0 aliphatic rings. The van der Waals surface area contributed by atoms with E-state index in [2.05, 4.69) is 0 Å². The second kappa shape index (κ2) is 6.92. The Bertz CT molecular complexity index is 617. The van der Waals surface area contributed by atoms with Crippen molar-refractivity contribution in [3.05, 3.63) is 64.4 Å². The van der Waals surface area contributed by atoms with Gasteiger partial charge >= 0.3 is 0 Å². The molecule has 0 amide bonds. The SMILES string of the molecule is CCC(N)C(Oc1ccc(Cl)c(C)c1)c1cccc(F)c1. The maximum absolute atomic E-state index is 13.4. The Balaban J connectivity index is 2.30. The number of hydrogen-bond donors (Lipinski definition) is 1. The lowest BCUT2D eigenvalue weighted by molar-refractivity contribution is 0.170. The molecule has 2 N–H and O–H groups in total. The van der Waals surface area contributed by atoms with Crippen molar-refractivity contribution in [2.24, 2.45) is 5.73 Å². The van der Waals surface area contributed by atoms with Gasteiger partial charge in [0.05, 0.1) is 0 Å². The van der Waals surface area contributed by atoms with Gasteiger partial charge in [0.25, 0.3) is 0 Å². The first kappa shape index (κ1) is 15.8. The molecule has 0 aliphatic heterocycles. The van der Waals surface area contributed by atoms with E-state index in [1.807, 2.05) is 26.0 Å². The van der Waals surface area contributed by atoms with Gasteiger partial charge in [-0.3, -0.25) is 0 Å². The Morgan fingerprint density at radius 2 is 2.00 bits per heavy atom.